The lowest BCUT2D eigenvalue weighted by molar-refractivity contribution is 0.0726. The molecule has 0 spiro atoms. The molecular formula is C21H24N4O2. The summed E-state index contributed by atoms with van der Waals surface area (Å²) in [5.74, 6) is 1.52. The number of oxazole rings is 1. The Morgan fingerprint density at radius 2 is 1.93 bits per heavy atom. The van der Waals surface area contributed by atoms with Gasteiger partial charge in [-0.25, -0.2) is 4.98 Å². The predicted molar refractivity (Wildman–Crippen MR) is 102 cm³/mol. The SMILES string of the molecule is Cc1nn(C(C)C)c(C)c1C(=O)N1CCc2oc(-c3ccccc3)nc2C1. The van der Waals surface area contributed by atoms with Crippen LogP contribution in [0.3, 0.4) is 0 Å². The minimum absolute atomic E-state index is 0.0202. The van der Waals surface area contributed by atoms with Crippen molar-refractivity contribution in [1.29, 1.82) is 0 Å². The monoisotopic (exact) mass is 364 g/mol. The van der Waals surface area contributed by atoms with Gasteiger partial charge >= 0.3 is 0 Å². The summed E-state index contributed by atoms with van der Waals surface area (Å²) in [5.41, 5.74) is 4.21. The zero-order chi connectivity index (χ0) is 19.1. The van der Waals surface area contributed by atoms with E-state index in [1.54, 1.807) is 0 Å². The largest absolute Gasteiger partial charge is 0.441 e. The molecule has 2 aromatic heterocycles. The third kappa shape index (κ3) is 3.05. The fourth-order valence-corrected chi connectivity index (χ4v) is 3.71. The number of hydrogen-bond acceptors (Lipinski definition) is 4. The Balaban J connectivity index is 1.60. The second kappa shape index (κ2) is 6.68. The van der Waals surface area contributed by atoms with E-state index in [0.29, 0.717) is 31.0 Å². The lowest BCUT2D eigenvalue weighted by Crippen LogP contribution is -2.36. The average molecular weight is 364 g/mol. The molecule has 0 atom stereocenters. The Bertz CT molecular complexity index is 985. The molecule has 6 heteroatoms. The molecule has 1 aliphatic heterocycles. The number of aryl methyl sites for hydroxylation is 1. The average Bonchev–Trinajstić information content (AvgIpc) is 3.22. The van der Waals surface area contributed by atoms with Gasteiger partial charge in [0.2, 0.25) is 5.89 Å². The number of aromatic nitrogens is 3. The first-order chi connectivity index (χ1) is 13.0. The molecule has 0 saturated carbocycles. The maximum Gasteiger partial charge on any atom is 0.257 e. The number of hydrogen-bond donors (Lipinski definition) is 0. The van der Waals surface area contributed by atoms with E-state index in [2.05, 4.69) is 23.9 Å². The number of amides is 1. The van der Waals surface area contributed by atoms with Crippen molar-refractivity contribution in [2.24, 2.45) is 0 Å². The van der Waals surface area contributed by atoms with Crippen LogP contribution in [0.25, 0.3) is 11.5 Å². The van der Waals surface area contributed by atoms with Crippen LogP contribution in [0.4, 0.5) is 0 Å². The molecule has 0 N–H and O–H groups in total. The maximum absolute atomic E-state index is 13.2. The highest BCUT2D eigenvalue weighted by Gasteiger charge is 2.29. The molecule has 4 rings (SSSR count). The van der Waals surface area contributed by atoms with Crippen molar-refractivity contribution in [2.45, 2.75) is 46.7 Å². The van der Waals surface area contributed by atoms with Crippen molar-refractivity contribution < 1.29 is 9.21 Å². The van der Waals surface area contributed by atoms with E-state index >= 15 is 0 Å². The van der Waals surface area contributed by atoms with Gasteiger partial charge in [-0.05, 0) is 39.8 Å². The summed E-state index contributed by atoms with van der Waals surface area (Å²) in [6.45, 7) is 9.10. The Morgan fingerprint density at radius 3 is 2.59 bits per heavy atom. The van der Waals surface area contributed by atoms with Crippen molar-refractivity contribution in [3.8, 4) is 11.5 Å². The molecular weight excluding hydrogens is 340 g/mol. The number of carbonyl (C=O) groups is 1. The van der Waals surface area contributed by atoms with Crippen molar-refractivity contribution in [3.63, 3.8) is 0 Å². The van der Waals surface area contributed by atoms with E-state index in [9.17, 15) is 4.79 Å². The second-order valence-corrected chi connectivity index (χ2v) is 7.32. The molecule has 0 bridgehead atoms. The topological polar surface area (TPSA) is 64.2 Å². The van der Waals surface area contributed by atoms with Gasteiger partial charge in [0, 0.05) is 30.3 Å². The first-order valence-electron chi connectivity index (χ1n) is 9.34. The normalized spacial score (nSPS) is 13.9. The van der Waals surface area contributed by atoms with E-state index < -0.39 is 0 Å². The van der Waals surface area contributed by atoms with E-state index in [0.717, 1.165) is 28.4 Å². The van der Waals surface area contributed by atoms with Gasteiger partial charge in [0.25, 0.3) is 5.91 Å². The summed E-state index contributed by atoms with van der Waals surface area (Å²) >= 11 is 0. The highest BCUT2D eigenvalue weighted by atomic mass is 16.4. The quantitative estimate of drug-likeness (QED) is 0.706. The number of benzene rings is 1. The Labute approximate surface area is 158 Å². The Morgan fingerprint density at radius 1 is 1.19 bits per heavy atom. The molecule has 6 nitrogen and oxygen atoms in total. The summed E-state index contributed by atoms with van der Waals surface area (Å²) in [5, 5.41) is 4.55. The van der Waals surface area contributed by atoms with Crippen molar-refractivity contribution >= 4 is 5.91 Å². The van der Waals surface area contributed by atoms with Crippen molar-refractivity contribution in [3.05, 3.63) is 58.7 Å². The first-order valence-corrected chi connectivity index (χ1v) is 9.34. The summed E-state index contributed by atoms with van der Waals surface area (Å²) < 4.78 is 7.86. The maximum atomic E-state index is 13.2. The van der Waals surface area contributed by atoms with Crippen molar-refractivity contribution in [2.75, 3.05) is 6.54 Å². The highest BCUT2D eigenvalue weighted by Crippen LogP contribution is 2.28. The highest BCUT2D eigenvalue weighted by molar-refractivity contribution is 5.96. The molecule has 0 unspecified atom stereocenters. The van der Waals surface area contributed by atoms with E-state index in [4.69, 9.17) is 4.42 Å². The van der Waals surface area contributed by atoms with Gasteiger partial charge < -0.3 is 9.32 Å². The van der Waals surface area contributed by atoms with Crippen LogP contribution >= 0.6 is 0 Å². The molecule has 3 aromatic rings. The van der Waals surface area contributed by atoms with Crippen LogP contribution in [0.5, 0.6) is 0 Å². The van der Waals surface area contributed by atoms with Crippen LogP contribution in [0.15, 0.2) is 34.7 Å². The lowest BCUT2D eigenvalue weighted by Gasteiger charge is -2.25. The predicted octanol–water partition coefficient (Wildman–Crippen LogP) is 3.93. The second-order valence-electron chi connectivity index (χ2n) is 7.32. The van der Waals surface area contributed by atoms with Gasteiger partial charge in [-0.1, -0.05) is 18.2 Å². The lowest BCUT2D eigenvalue weighted by atomic mass is 10.1. The Hall–Kier alpha value is -2.89. The van der Waals surface area contributed by atoms with Crippen LogP contribution in [0.2, 0.25) is 0 Å². The third-order valence-corrected chi connectivity index (χ3v) is 5.06. The number of nitrogens with zero attached hydrogens (tertiary/aromatic N) is 4. The van der Waals surface area contributed by atoms with Gasteiger partial charge in [-0.15, -0.1) is 0 Å². The van der Waals surface area contributed by atoms with Crippen LogP contribution in [0.1, 0.15) is 53.1 Å². The van der Waals surface area contributed by atoms with Gasteiger partial charge in [0.05, 0.1) is 17.8 Å². The van der Waals surface area contributed by atoms with Gasteiger partial charge in [-0.3, -0.25) is 9.48 Å². The zero-order valence-electron chi connectivity index (χ0n) is 16.2. The molecule has 1 aromatic carbocycles. The van der Waals surface area contributed by atoms with Gasteiger partial charge in [0.15, 0.2) is 0 Å². The summed E-state index contributed by atoms with van der Waals surface area (Å²) in [4.78, 5) is 19.7. The smallest absolute Gasteiger partial charge is 0.257 e. The van der Waals surface area contributed by atoms with E-state index in [1.807, 2.05) is 53.8 Å². The van der Waals surface area contributed by atoms with Crippen LogP contribution in [-0.4, -0.2) is 32.1 Å². The number of fused-ring (bicyclic) bond motifs is 1. The van der Waals surface area contributed by atoms with E-state index in [-0.39, 0.29) is 11.9 Å². The minimum Gasteiger partial charge on any atom is -0.441 e. The molecule has 140 valence electrons. The fourth-order valence-electron chi connectivity index (χ4n) is 3.71. The van der Waals surface area contributed by atoms with Crippen LogP contribution < -0.4 is 0 Å². The van der Waals surface area contributed by atoms with Crippen LogP contribution in [0, 0.1) is 13.8 Å². The number of rotatable bonds is 3. The van der Waals surface area contributed by atoms with Gasteiger partial charge in [0.1, 0.15) is 11.5 Å². The zero-order valence-corrected chi connectivity index (χ0v) is 16.2. The summed E-state index contributed by atoms with van der Waals surface area (Å²) in [6, 6.07) is 10.1. The fraction of sp³-hybridized carbons (Fsp3) is 0.381. The van der Waals surface area contributed by atoms with Gasteiger partial charge in [-0.2, -0.15) is 5.10 Å². The molecule has 0 radical (unpaired) electrons. The molecule has 3 heterocycles. The first kappa shape index (κ1) is 17.5. The minimum atomic E-state index is 0.0202. The third-order valence-electron chi connectivity index (χ3n) is 5.06. The molecule has 1 amide bonds. The standard InChI is InChI=1S/C21H24N4O2/c1-13(2)25-15(4)19(14(3)23-25)21(26)24-11-10-18-17(12-24)22-20(27-18)16-8-6-5-7-9-16/h5-9,13H,10-12H2,1-4H3. The van der Waals surface area contributed by atoms with Crippen molar-refractivity contribution in [1.82, 2.24) is 19.7 Å². The summed E-state index contributed by atoms with van der Waals surface area (Å²) in [7, 11) is 0. The Kier molecular flexibility index (Phi) is 4.34. The summed E-state index contributed by atoms with van der Waals surface area (Å²) in [6.07, 6.45) is 0.678. The molecule has 0 aliphatic carbocycles. The molecule has 1 aliphatic rings. The molecule has 27 heavy (non-hydrogen) atoms. The number of carbonyl (C=O) groups excluding carboxylic acids is 1. The van der Waals surface area contributed by atoms with Crippen LogP contribution in [-0.2, 0) is 13.0 Å². The molecule has 0 fully saturated rings. The van der Waals surface area contributed by atoms with E-state index in [1.165, 1.54) is 0 Å². The molecule has 0 saturated heterocycles.